The molecule has 0 aliphatic carbocycles. The summed E-state index contributed by atoms with van der Waals surface area (Å²) in [6.07, 6.45) is 10.7. The highest BCUT2D eigenvalue weighted by atomic mass is 19.1. The Balaban J connectivity index is 2.09. The fraction of sp³-hybridized carbons (Fsp3) is 0.667. The van der Waals surface area contributed by atoms with Crippen molar-refractivity contribution in [2.45, 2.75) is 77.2 Å². The number of hydrogen-bond donors (Lipinski definition) is 1. The summed E-state index contributed by atoms with van der Waals surface area (Å²) in [6.45, 7) is 2.22. The van der Waals surface area contributed by atoms with Crippen molar-refractivity contribution in [1.82, 2.24) is 0 Å². The van der Waals surface area contributed by atoms with Gasteiger partial charge in [0.05, 0.1) is 6.10 Å². The Morgan fingerprint density at radius 2 is 1.29 bits per heavy atom. The summed E-state index contributed by atoms with van der Waals surface area (Å²) >= 11 is 0. The van der Waals surface area contributed by atoms with Gasteiger partial charge in [0.2, 0.25) is 0 Å². The van der Waals surface area contributed by atoms with Crippen molar-refractivity contribution in [3.05, 3.63) is 35.4 Å². The molecule has 1 N–H and O–H groups in total. The molecule has 1 aromatic carbocycles. The molecule has 0 saturated heterocycles. The maximum absolute atomic E-state index is 13.1. The van der Waals surface area contributed by atoms with Gasteiger partial charge in [0.15, 0.2) is 0 Å². The van der Waals surface area contributed by atoms with Crippen LogP contribution in [0.25, 0.3) is 0 Å². The first kappa shape index (κ1) is 18.1. The Kier molecular flexibility index (Phi) is 9.24. The molecule has 0 radical (unpaired) electrons. The number of halogens is 2. The molecule has 0 fully saturated rings. The van der Waals surface area contributed by atoms with Crippen molar-refractivity contribution in [2.75, 3.05) is 0 Å². The van der Waals surface area contributed by atoms with Crippen molar-refractivity contribution < 1.29 is 13.9 Å². The molecule has 1 unspecified atom stereocenters. The van der Waals surface area contributed by atoms with Crippen LogP contribution in [0.3, 0.4) is 0 Å². The number of aliphatic hydroxyl groups is 1. The molecule has 1 rings (SSSR count). The minimum atomic E-state index is -0.764. The van der Waals surface area contributed by atoms with E-state index in [0.29, 0.717) is 12.0 Å². The first-order chi connectivity index (χ1) is 10.1. The summed E-state index contributed by atoms with van der Waals surface area (Å²) in [4.78, 5) is 0. The van der Waals surface area contributed by atoms with Gasteiger partial charge < -0.3 is 5.11 Å². The summed E-state index contributed by atoms with van der Waals surface area (Å²) < 4.78 is 26.1. The number of benzene rings is 1. The first-order valence-corrected chi connectivity index (χ1v) is 8.27. The van der Waals surface area contributed by atoms with Crippen molar-refractivity contribution in [2.24, 2.45) is 0 Å². The van der Waals surface area contributed by atoms with E-state index in [-0.39, 0.29) is 0 Å². The molecular weight excluding hydrogens is 270 g/mol. The quantitative estimate of drug-likeness (QED) is 0.503. The van der Waals surface area contributed by atoms with Gasteiger partial charge in [0, 0.05) is 6.07 Å². The van der Waals surface area contributed by atoms with E-state index in [2.05, 4.69) is 6.92 Å². The average molecular weight is 298 g/mol. The number of rotatable bonds is 11. The van der Waals surface area contributed by atoms with Gasteiger partial charge in [-0.15, -0.1) is 0 Å². The van der Waals surface area contributed by atoms with Gasteiger partial charge in [0.1, 0.15) is 11.6 Å². The molecule has 0 aliphatic heterocycles. The molecule has 0 aliphatic rings. The lowest BCUT2D eigenvalue weighted by molar-refractivity contribution is 0.162. The first-order valence-electron chi connectivity index (χ1n) is 8.27. The minimum absolute atomic E-state index is 0.340. The van der Waals surface area contributed by atoms with Crippen LogP contribution in [-0.4, -0.2) is 5.11 Å². The lowest BCUT2D eigenvalue weighted by Gasteiger charge is -2.11. The van der Waals surface area contributed by atoms with Crippen LogP contribution < -0.4 is 0 Å². The van der Waals surface area contributed by atoms with Crippen molar-refractivity contribution >= 4 is 0 Å². The van der Waals surface area contributed by atoms with Gasteiger partial charge in [-0.05, 0) is 24.1 Å². The largest absolute Gasteiger partial charge is 0.388 e. The van der Waals surface area contributed by atoms with Crippen LogP contribution in [-0.2, 0) is 0 Å². The zero-order valence-corrected chi connectivity index (χ0v) is 13.1. The van der Waals surface area contributed by atoms with E-state index in [9.17, 15) is 13.9 Å². The Hall–Kier alpha value is -0.960. The predicted molar refractivity (Wildman–Crippen MR) is 83.2 cm³/mol. The second-order valence-corrected chi connectivity index (χ2v) is 5.84. The molecule has 1 aromatic rings. The van der Waals surface area contributed by atoms with Gasteiger partial charge >= 0.3 is 0 Å². The molecular formula is C18H28F2O. The Morgan fingerprint density at radius 3 is 1.81 bits per heavy atom. The highest BCUT2D eigenvalue weighted by molar-refractivity contribution is 5.20. The molecule has 21 heavy (non-hydrogen) atoms. The zero-order chi connectivity index (χ0) is 15.5. The fourth-order valence-corrected chi connectivity index (χ4v) is 2.58. The topological polar surface area (TPSA) is 20.2 Å². The third kappa shape index (κ3) is 8.15. The molecule has 0 bridgehead atoms. The second-order valence-electron chi connectivity index (χ2n) is 5.84. The standard InChI is InChI=1S/C18H28F2O/c1-2-3-4-5-6-7-8-9-10-11-18(21)15-12-16(19)14-17(20)13-15/h12-14,18,21H,2-11H2,1H3. The second kappa shape index (κ2) is 10.7. The molecule has 0 saturated carbocycles. The number of aliphatic hydroxyl groups excluding tert-OH is 1. The minimum Gasteiger partial charge on any atom is -0.388 e. The average Bonchev–Trinajstić information content (AvgIpc) is 2.44. The monoisotopic (exact) mass is 298 g/mol. The van der Waals surface area contributed by atoms with E-state index in [1.165, 1.54) is 57.1 Å². The fourth-order valence-electron chi connectivity index (χ4n) is 2.58. The van der Waals surface area contributed by atoms with E-state index in [4.69, 9.17) is 0 Å². The normalized spacial score (nSPS) is 12.6. The molecule has 3 heteroatoms. The highest BCUT2D eigenvalue weighted by Gasteiger charge is 2.10. The Morgan fingerprint density at radius 1 is 0.810 bits per heavy atom. The van der Waals surface area contributed by atoms with Gasteiger partial charge in [-0.2, -0.15) is 0 Å². The summed E-state index contributed by atoms with van der Waals surface area (Å²) in [5.41, 5.74) is 0.340. The molecule has 1 atom stereocenters. The third-order valence-corrected chi connectivity index (χ3v) is 3.85. The predicted octanol–water partition coefficient (Wildman–Crippen LogP) is 5.92. The summed E-state index contributed by atoms with van der Waals surface area (Å²) in [5, 5.41) is 9.94. The number of unbranched alkanes of at least 4 members (excludes halogenated alkanes) is 8. The maximum Gasteiger partial charge on any atom is 0.126 e. The molecule has 0 heterocycles. The molecule has 0 amide bonds. The van der Waals surface area contributed by atoms with Gasteiger partial charge in [-0.1, -0.05) is 64.7 Å². The smallest absolute Gasteiger partial charge is 0.126 e. The van der Waals surface area contributed by atoms with Crippen LogP contribution in [0.5, 0.6) is 0 Å². The molecule has 1 nitrogen and oxygen atoms in total. The van der Waals surface area contributed by atoms with E-state index in [1.54, 1.807) is 0 Å². The van der Waals surface area contributed by atoms with Crippen LogP contribution in [0.15, 0.2) is 18.2 Å². The van der Waals surface area contributed by atoms with E-state index < -0.39 is 17.7 Å². The Labute approximate surface area is 127 Å². The zero-order valence-electron chi connectivity index (χ0n) is 13.1. The maximum atomic E-state index is 13.1. The lowest BCUT2D eigenvalue weighted by atomic mass is 10.0. The van der Waals surface area contributed by atoms with E-state index in [1.807, 2.05) is 0 Å². The van der Waals surface area contributed by atoms with Crippen LogP contribution in [0.1, 0.15) is 82.8 Å². The summed E-state index contributed by atoms with van der Waals surface area (Å²) in [6, 6.07) is 3.25. The van der Waals surface area contributed by atoms with Gasteiger partial charge in [-0.3, -0.25) is 0 Å². The SMILES string of the molecule is CCCCCCCCCCCC(O)c1cc(F)cc(F)c1. The number of hydrogen-bond acceptors (Lipinski definition) is 1. The van der Waals surface area contributed by atoms with Crippen molar-refractivity contribution in [1.29, 1.82) is 0 Å². The highest BCUT2D eigenvalue weighted by Crippen LogP contribution is 2.22. The van der Waals surface area contributed by atoms with Gasteiger partial charge in [-0.25, -0.2) is 8.78 Å². The van der Waals surface area contributed by atoms with Crippen LogP contribution in [0.4, 0.5) is 8.78 Å². The summed E-state index contributed by atoms with van der Waals surface area (Å²) in [7, 11) is 0. The molecule has 0 spiro atoms. The van der Waals surface area contributed by atoms with Crippen LogP contribution in [0, 0.1) is 11.6 Å². The van der Waals surface area contributed by atoms with E-state index >= 15 is 0 Å². The van der Waals surface area contributed by atoms with E-state index in [0.717, 1.165) is 18.9 Å². The van der Waals surface area contributed by atoms with Crippen molar-refractivity contribution in [3.8, 4) is 0 Å². The molecule has 120 valence electrons. The van der Waals surface area contributed by atoms with Gasteiger partial charge in [0.25, 0.3) is 0 Å². The van der Waals surface area contributed by atoms with Crippen LogP contribution >= 0.6 is 0 Å². The summed E-state index contributed by atoms with van der Waals surface area (Å²) in [5.74, 6) is -1.26. The molecule has 0 aromatic heterocycles. The third-order valence-electron chi connectivity index (χ3n) is 3.85. The lowest BCUT2D eigenvalue weighted by Crippen LogP contribution is -1.99. The van der Waals surface area contributed by atoms with Crippen LogP contribution in [0.2, 0.25) is 0 Å². The van der Waals surface area contributed by atoms with Crippen molar-refractivity contribution in [3.63, 3.8) is 0 Å². The Bertz CT molecular complexity index is 373.